The first-order valence-electron chi connectivity index (χ1n) is 8.32. The van der Waals surface area contributed by atoms with Gasteiger partial charge in [0.1, 0.15) is 0 Å². The molecule has 118 valence electrons. The standard InChI is InChI=1S/C16H22N4O2/c21-12-5-7-19(8-6-12)16-17-9-13-14(18-16)10-20(15(13)22)11-3-1-2-4-11/h9,11-12,21H,1-8,10H2. The Bertz CT molecular complexity index is 578. The number of aromatic nitrogens is 2. The smallest absolute Gasteiger partial charge is 0.257 e. The van der Waals surface area contributed by atoms with Gasteiger partial charge in [-0.3, -0.25) is 4.79 Å². The Labute approximate surface area is 130 Å². The van der Waals surface area contributed by atoms with Crippen LogP contribution in [0.15, 0.2) is 6.20 Å². The minimum atomic E-state index is -0.204. The van der Waals surface area contributed by atoms with Gasteiger partial charge in [-0.25, -0.2) is 9.97 Å². The zero-order valence-electron chi connectivity index (χ0n) is 12.7. The van der Waals surface area contributed by atoms with Crippen LogP contribution >= 0.6 is 0 Å². The molecule has 3 aliphatic rings. The van der Waals surface area contributed by atoms with E-state index in [0.29, 0.717) is 24.1 Å². The van der Waals surface area contributed by atoms with Crippen LogP contribution in [0.1, 0.15) is 54.6 Å². The number of rotatable bonds is 2. The Morgan fingerprint density at radius 1 is 1.14 bits per heavy atom. The maximum absolute atomic E-state index is 12.5. The van der Waals surface area contributed by atoms with Crippen LogP contribution < -0.4 is 4.90 Å². The maximum Gasteiger partial charge on any atom is 0.257 e. The summed E-state index contributed by atoms with van der Waals surface area (Å²) >= 11 is 0. The molecule has 1 saturated heterocycles. The summed E-state index contributed by atoms with van der Waals surface area (Å²) in [6, 6.07) is 0.385. The van der Waals surface area contributed by atoms with Gasteiger partial charge in [-0.1, -0.05) is 12.8 Å². The average molecular weight is 302 g/mol. The van der Waals surface area contributed by atoms with Gasteiger partial charge in [-0.15, -0.1) is 0 Å². The number of amides is 1. The van der Waals surface area contributed by atoms with E-state index in [2.05, 4.69) is 14.9 Å². The highest BCUT2D eigenvalue weighted by atomic mass is 16.3. The van der Waals surface area contributed by atoms with Crippen molar-refractivity contribution in [2.24, 2.45) is 0 Å². The maximum atomic E-state index is 12.5. The van der Waals surface area contributed by atoms with Crippen molar-refractivity contribution < 1.29 is 9.90 Å². The topological polar surface area (TPSA) is 69.6 Å². The molecule has 0 aromatic carbocycles. The summed E-state index contributed by atoms with van der Waals surface area (Å²) < 4.78 is 0. The normalized spacial score (nSPS) is 23.4. The van der Waals surface area contributed by atoms with Crippen molar-refractivity contribution in [3.05, 3.63) is 17.5 Å². The molecule has 2 fully saturated rings. The number of hydrogen-bond donors (Lipinski definition) is 1. The SMILES string of the molecule is O=C1c2cnc(N3CCC(O)CC3)nc2CN1C1CCCC1. The monoisotopic (exact) mass is 302 g/mol. The summed E-state index contributed by atoms with van der Waals surface area (Å²) in [5, 5.41) is 9.60. The molecule has 1 amide bonds. The minimum absolute atomic E-state index is 0.0996. The highest BCUT2D eigenvalue weighted by Gasteiger charge is 2.35. The van der Waals surface area contributed by atoms with Crippen molar-refractivity contribution in [3.8, 4) is 0 Å². The van der Waals surface area contributed by atoms with Crippen molar-refractivity contribution in [3.63, 3.8) is 0 Å². The van der Waals surface area contributed by atoms with Crippen molar-refractivity contribution in [1.82, 2.24) is 14.9 Å². The highest BCUT2D eigenvalue weighted by Crippen LogP contribution is 2.31. The summed E-state index contributed by atoms with van der Waals surface area (Å²) in [6.45, 7) is 2.19. The average Bonchev–Trinajstić information content (AvgIpc) is 3.16. The molecule has 1 saturated carbocycles. The van der Waals surface area contributed by atoms with Crippen LogP contribution in [0.25, 0.3) is 0 Å². The predicted octanol–water partition coefficient (Wildman–Crippen LogP) is 1.34. The molecule has 1 aromatic rings. The lowest BCUT2D eigenvalue weighted by Crippen LogP contribution is -2.37. The van der Waals surface area contributed by atoms with Crippen LogP contribution in [0, 0.1) is 0 Å². The first-order chi connectivity index (χ1) is 10.7. The largest absolute Gasteiger partial charge is 0.393 e. The third kappa shape index (κ3) is 2.35. The number of carbonyl (C=O) groups excluding carboxylic acids is 1. The van der Waals surface area contributed by atoms with Crippen molar-refractivity contribution in [2.45, 2.75) is 57.2 Å². The Hall–Kier alpha value is -1.69. The van der Waals surface area contributed by atoms with Gasteiger partial charge in [0.05, 0.1) is 23.9 Å². The first-order valence-corrected chi connectivity index (χ1v) is 8.32. The van der Waals surface area contributed by atoms with Crippen LogP contribution in [-0.4, -0.2) is 51.1 Å². The Balaban J connectivity index is 1.54. The molecule has 1 aromatic heterocycles. The predicted molar refractivity (Wildman–Crippen MR) is 81.6 cm³/mol. The molecule has 22 heavy (non-hydrogen) atoms. The number of aliphatic hydroxyl groups is 1. The molecule has 3 heterocycles. The fourth-order valence-corrected chi connectivity index (χ4v) is 3.82. The molecule has 0 spiro atoms. The van der Waals surface area contributed by atoms with Crippen molar-refractivity contribution >= 4 is 11.9 Å². The molecule has 0 radical (unpaired) electrons. The third-order valence-electron chi connectivity index (χ3n) is 5.18. The molecule has 6 nitrogen and oxygen atoms in total. The summed E-state index contributed by atoms with van der Waals surface area (Å²) in [6.07, 6.45) is 7.68. The van der Waals surface area contributed by atoms with Crippen LogP contribution in [0.3, 0.4) is 0 Å². The third-order valence-corrected chi connectivity index (χ3v) is 5.18. The van der Waals surface area contributed by atoms with Crippen LogP contribution in [0.5, 0.6) is 0 Å². The van der Waals surface area contributed by atoms with Crippen LogP contribution in [0.4, 0.5) is 5.95 Å². The van der Waals surface area contributed by atoms with Gasteiger partial charge >= 0.3 is 0 Å². The number of piperidine rings is 1. The second kappa shape index (κ2) is 5.50. The van der Waals surface area contributed by atoms with E-state index < -0.39 is 0 Å². The number of anilines is 1. The molecule has 1 aliphatic carbocycles. The molecule has 4 rings (SSSR count). The lowest BCUT2D eigenvalue weighted by Gasteiger charge is -2.29. The quantitative estimate of drug-likeness (QED) is 0.892. The van der Waals surface area contributed by atoms with E-state index in [1.54, 1.807) is 6.20 Å². The van der Waals surface area contributed by atoms with Crippen LogP contribution in [0.2, 0.25) is 0 Å². The molecule has 0 atom stereocenters. The summed E-state index contributed by atoms with van der Waals surface area (Å²) in [4.78, 5) is 25.6. The van der Waals surface area contributed by atoms with Gasteiger partial charge in [0.2, 0.25) is 5.95 Å². The van der Waals surface area contributed by atoms with Gasteiger partial charge in [0, 0.05) is 25.3 Å². The van der Waals surface area contributed by atoms with Crippen LogP contribution in [-0.2, 0) is 6.54 Å². The zero-order chi connectivity index (χ0) is 15.1. The lowest BCUT2D eigenvalue weighted by atomic mass is 10.1. The summed E-state index contributed by atoms with van der Waals surface area (Å²) in [7, 11) is 0. The number of hydrogen-bond acceptors (Lipinski definition) is 5. The second-order valence-corrected chi connectivity index (χ2v) is 6.62. The van der Waals surface area contributed by atoms with Gasteiger partial charge in [0.15, 0.2) is 0 Å². The Kier molecular flexibility index (Phi) is 3.48. The van der Waals surface area contributed by atoms with E-state index in [4.69, 9.17) is 0 Å². The fraction of sp³-hybridized carbons (Fsp3) is 0.688. The van der Waals surface area contributed by atoms with Crippen molar-refractivity contribution in [1.29, 1.82) is 0 Å². The molecule has 0 bridgehead atoms. The Morgan fingerprint density at radius 2 is 1.86 bits per heavy atom. The van der Waals surface area contributed by atoms with E-state index in [9.17, 15) is 9.90 Å². The molecular formula is C16H22N4O2. The first kappa shape index (κ1) is 13.9. The molecule has 2 aliphatic heterocycles. The second-order valence-electron chi connectivity index (χ2n) is 6.62. The highest BCUT2D eigenvalue weighted by molar-refractivity contribution is 5.97. The van der Waals surface area contributed by atoms with Gasteiger partial charge in [-0.2, -0.15) is 0 Å². The van der Waals surface area contributed by atoms with E-state index in [1.165, 1.54) is 12.8 Å². The van der Waals surface area contributed by atoms with Gasteiger partial charge < -0.3 is 14.9 Å². The molecule has 0 unspecified atom stereocenters. The molecule has 1 N–H and O–H groups in total. The van der Waals surface area contributed by atoms with E-state index in [-0.39, 0.29) is 12.0 Å². The minimum Gasteiger partial charge on any atom is -0.393 e. The molecule has 6 heteroatoms. The molecular weight excluding hydrogens is 280 g/mol. The number of aliphatic hydroxyl groups excluding tert-OH is 1. The zero-order valence-corrected chi connectivity index (χ0v) is 12.7. The number of nitrogens with zero attached hydrogens (tertiary/aromatic N) is 4. The van der Waals surface area contributed by atoms with Crippen molar-refractivity contribution in [2.75, 3.05) is 18.0 Å². The number of fused-ring (bicyclic) bond motifs is 1. The Morgan fingerprint density at radius 3 is 2.59 bits per heavy atom. The van der Waals surface area contributed by atoms with E-state index >= 15 is 0 Å². The van der Waals surface area contributed by atoms with E-state index in [1.807, 2.05) is 4.90 Å². The lowest BCUT2D eigenvalue weighted by molar-refractivity contribution is 0.0706. The summed E-state index contributed by atoms with van der Waals surface area (Å²) in [5.41, 5.74) is 1.54. The summed E-state index contributed by atoms with van der Waals surface area (Å²) in [5.74, 6) is 0.800. The van der Waals surface area contributed by atoms with Gasteiger partial charge in [-0.05, 0) is 25.7 Å². The van der Waals surface area contributed by atoms with Gasteiger partial charge in [0.25, 0.3) is 5.91 Å². The number of carbonyl (C=O) groups is 1. The fourth-order valence-electron chi connectivity index (χ4n) is 3.82. The van der Waals surface area contributed by atoms with E-state index in [0.717, 1.165) is 44.5 Å².